The topological polar surface area (TPSA) is 34.9 Å². The molecule has 3 rings (SSSR count). The number of aldehydes is 1. The Bertz CT molecular complexity index is 911. The van der Waals surface area contributed by atoms with Crippen LogP contribution in [0.25, 0.3) is 11.0 Å². The molecule has 0 atom stereocenters. The monoisotopic (exact) mass is 350 g/mol. The molecule has 118 valence electrons. The minimum Gasteiger partial charge on any atom is -0.310 e. The van der Waals surface area contributed by atoms with Crippen LogP contribution >= 0.6 is 23.2 Å². The number of carbonyl (C=O) groups excluding carboxylic acids is 1. The van der Waals surface area contributed by atoms with Gasteiger partial charge in [0.2, 0.25) is 5.28 Å². The van der Waals surface area contributed by atoms with E-state index in [0.29, 0.717) is 45.6 Å². The van der Waals surface area contributed by atoms with Crippen molar-refractivity contribution in [1.82, 2.24) is 9.55 Å². The molecule has 0 N–H and O–H groups in total. The van der Waals surface area contributed by atoms with Crippen LogP contribution in [0.2, 0.25) is 10.3 Å². The number of aryl methyl sites for hydroxylation is 2. The van der Waals surface area contributed by atoms with Crippen molar-refractivity contribution < 1.29 is 9.18 Å². The lowest BCUT2D eigenvalue weighted by atomic mass is 10.1. The maximum atomic E-state index is 13.8. The molecule has 2 aromatic carbocycles. The van der Waals surface area contributed by atoms with Crippen LogP contribution in [0.5, 0.6) is 0 Å². The lowest BCUT2D eigenvalue weighted by Crippen LogP contribution is -2.02. The van der Waals surface area contributed by atoms with Crippen molar-refractivity contribution in [1.29, 1.82) is 0 Å². The molecule has 0 fully saturated rings. The third-order valence-corrected chi connectivity index (χ3v) is 4.27. The number of fused-ring (bicyclic) bond motifs is 1. The Labute approximate surface area is 142 Å². The van der Waals surface area contributed by atoms with Gasteiger partial charge in [-0.2, -0.15) is 0 Å². The summed E-state index contributed by atoms with van der Waals surface area (Å²) in [5.74, 6) is -0.207. The fourth-order valence-corrected chi connectivity index (χ4v) is 3.19. The molecule has 0 spiro atoms. The molecule has 0 radical (unpaired) electrons. The van der Waals surface area contributed by atoms with Gasteiger partial charge in [0.1, 0.15) is 11.3 Å². The zero-order valence-electron chi connectivity index (χ0n) is 12.5. The highest BCUT2D eigenvalue weighted by Gasteiger charge is 2.15. The molecular formula is C17H13Cl2FN2O. The van der Waals surface area contributed by atoms with Gasteiger partial charge in [0.15, 0.2) is 6.29 Å². The summed E-state index contributed by atoms with van der Waals surface area (Å²) < 4.78 is 15.5. The first-order valence-corrected chi connectivity index (χ1v) is 7.72. The third-order valence-electron chi connectivity index (χ3n) is 3.77. The van der Waals surface area contributed by atoms with Gasteiger partial charge in [0.25, 0.3) is 0 Å². The number of halogens is 3. The van der Waals surface area contributed by atoms with E-state index in [2.05, 4.69) is 4.98 Å². The first-order chi connectivity index (χ1) is 10.9. The van der Waals surface area contributed by atoms with Crippen LogP contribution in [0, 0.1) is 19.7 Å². The highest BCUT2D eigenvalue weighted by Crippen LogP contribution is 2.27. The summed E-state index contributed by atoms with van der Waals surface area (Å²) in [4.78, 5) is 15.4. The second-order valence-electron chi connectivity index (χ2n) is 5.49. The highest BCUT2D eigenvalue weighted by molar-refractivity contribution is 6.32. The Hall–Kier alpha value is -1.91. The first-order valence-electron chi connectivity index (χ1n) is 6.96. The summed E-state index contributed by atoms with van der Waals surface area (Å²) in [6.45, 7) is 3.86. The number of imidazole rings is 1. The number of nitrogens with zero attached hydrogens (tertiary/aromatic N) is 2. The van der Waals surface area contributed by atoms with Crippen LogP contribution in [-0.4, -0.2) is 15.8 Å². The van der Waals surface area contributed by atoms with Crippen LogP contribution in [0.3, 0.4) is 0 Å². The second-order valence-corrected chi connectivity index (χ2v) is 6.27. The number of carbonyl (C=O) groups is 1. The zero-order valence-corrected chi connectivity index (χ0v) is 14.0. The maximum Gasteiger partial charge on any atom is 0.204 e. The minimum absolute atomic E-state index is 0.207. The Morgan fingerprint density at radius 3 is 2.43 bits per heavy atom. The molecule has 3 nitrogen and oxygen atoms in total. The van der Waals surface area contributed by atoms with Gasteiger partial charge in [-0.15, -0.1) is 0 Å². The molecule has 23 heavy (non-hydrogen) atoms. The molecule has 0 amide bonds. The number of hydrogen-bond acceptors (Lipinski definition) is 2. The van der Waals surface area contributed by atoms with Gasteiger partial charge >= 0.3 is 0 Å². The first kappa shape index (κ1) is 16.0. The van der Waals surface area contributed by atoms with E-state index in [1.54, 1.807) is 42.7 Å². The van der Waals surface area contributed by atoms with E-state index >= 15 is 0 Å². The lowest BCUT2D eigenvalue weighted by Gasteiger charge is -2.10. The van der Waals surface area contributed by atoms with Gasteiger partial charge in [0, 0.05) is 10.6 Å². The van der Waals surface area contributed by atoms with Crippen molar-refractivity contribution in [3.63, 3.8) is 0 Å². The molecule has 0 saturated carbocycles. The van der Waals surface area contributed by atoms with Crippen molar-refractivity contribution in [3.8, 4) is 0 Å². The molecule has 0 bridgehead atoms. The number of hydrogen-bond donors (Lipinski definition) is 0. The van der Waals surface area contributed by atoms with E-state index in [1.165, 1.54) is 0 Å². The Kier molecular flexibility index (Phi) is 4.13. The van der Waals surface area contributed by atoms with Crippen molar-refractivity contribution in [3.05, 3.63) is 62.6 Å². The third kappa shape index (κ3) is 2.84. The lowest BCUT2D eigenvalue weighted by molar-refractivity contribution is 0.112. The van der Waals surface area contributed by atoms with Crippen molar-refractivity contribution in [2.75, 3.05) is 0 Å². The quantitative estimate of drug-likeness (QED) is 0.625. The van der Waals surface area contributed by atoms with Crippen LogP contribution < -0.4 is 0 Å². The molecule has 0 aliphatic heterocycles. The van der Waals surface area contributed by atoms with E-state index in [9.17, 15) is 9.18 Å². The average molecular weight is 351 g/mol. The average Bonchev–Trinajstić information content (AvgIpc) is 2.80. The summed E-state index contributed by atoms with van der Waals surface area (Å²) in [6.07, 6.45) is 0.702. The molecule has 1 aromatic heterocycles. The molecule has 0 unspecified atom stereocenters. The second kappa shape index (κ2) is 5.95. The Balaban J connectivity index is 2.15. The molecular weight excluding hydrogens is 338 g/mol. The van der Waals surface area contributed by atoms with Gasteiger partial charge in [0.05, 0.1) is 12.1 Å². The molecule has 3 aromatic rings. The van der Waals surface area contributed by atoms with Crippen molar-refractivity contribution in [2.24, 2.45) is 0 Å². The number of rotatable bonds is 3. The summed E-state index contributed by atoms with van der Waals surface area (Å²) in [6, 6.07) is 6.81. The van der Waals surface area contributed by atoms with Gasteiger partial charge in [-0.25, -0.2) is 9.37 Å². The minimum atomic E-state index is -0.207. The van der Waals surface area contributed by atoms with E-state index in [0.717, 1.165) is 5.56 Å². The number of aromatic nitrogens is 2. The maximum absolute atomic E-state index is 13.8. The standard InChI is InChI=1S/C17H13Cl2FN2O/c1-9-3-11(4-10(2)15(9)20)7-22-14-6-13(18)5-12(8-23)16(14)21-17(22)19/h3-6,8H,7H2,1-2H3. The van der Waals surface area contributed by atoms with Crippen LogP contribution in [-0.2, 0) is 6.54 Å². The largest absolute Gasteiger partial charge is 0.310 e. The van der Waals surface area contributed by atoms with E-state index in [4.69, 9.17) is 23.2 Å². The van der Waals surface area contributed by atoms with Gasteiger partial charge in [-0.3, -0.25) is 4.79 Å². The van der Waals surface area contributed by atoms with Crippen LogP contribution in [0.4, 0.5) is 4.39 Å². The van der Waals surface area contributed by atoms with E-state index < -0.39 is 0 Å². The number of benzene rings is 2. The predicted molar refractivity (Wildman–Crippen MR) is 90.1 cm³/mol. The molecule has 0 aliphatic carbocycles. The molecule has 6 heteroatoms. The molecule has 0 saturated heterocycles. The summed E-state index contributed by atoms with van der Waals surface area (Å²) in [7, 11) is 0. The van der Waals surface area contributed by atoms with Gasteiger partial charge in [-0.05, 0) is 54.3 Å². The summed E-state index contributed by atoms with van der Waals surface area (Å²) >= 11 is 12.3. The van der Waals surface area contributed by atoms with Crippen molar-refractivity contribution in [2.45, 2.75) is 20.4 Å². The SMILES string of the molecule is Cc1cc(Cn2c(Cl)nc3c(C=O)cc(Cl)cc32)cc(C)c1F. The Morgan fingerprint density at radius 2 is 1.83 bits per heavy atom. The van der Waals surface area contributed by atoms with Gasteiger partial charge in [-0.1, -0.05) is 23.7 Å². The summed E-state index contributed by atoms with van der Waals surface area (Å²) in [5, 5.41) is 0.689. The highest BCUT2D eigenvalue weighted by atomic mass is 35.5. The van der Waals surface area contributed by atoms with E-state index in [-0.39, 0.29) is 11.1 Å². The van der Waals surface area contributed by atoms with Crippen molar-refractivity contribution >= 4 is 40.5 Å². The normalized spacial score (nSPS) is 11.2. The molecule has 1 heterocycles. The van der Waals surface area contributed by atoms with Gasteiger partial charge < -0.3 is 4.57 Å². The fourth-order valence-electron chi connectivity index (χ4n) is 2.73. The zero-order chi connectivity index (χ0) is 16.7. The predicted octanol–water partition coefficient (Wildman–Crippen LogP) is 4.96. The van der Waals surface area contributed by atoms with Crippen LogP contribution in [0.15, 0.2) is 24.3 Å². The summed E-state index contributed by atoms with van der Waals surface area (Å²) in [5.41, 5.74) is 3.61. The Morgan fingerprint density at radius 1 is 1.17 bits per heavy atom. The molecule has 0 aliphatic rings. The van der Waals surface area contributed by atoms with E-state index in [1.807, 2.05) is 0 Å². The smallest absolute Gasteiger partial charge is 0.204 e. The van der Waals surface area contributed by atoms with Crippen LogP contribution in [0.1, 0.15) is 27.0 Å². The fraction of sp³-hybridized carbons (Fsp3) is 0.176.